The van der Waals surface area contributed by atoms with Crippen molar-refractivity contribution in [1.29, 1.82) is 0 Å². The molecule has 1 N–H and O–H groups in total. The van der Waals surface area contributed by atoms with Gasteiger partial charge < -0.3 is 4.74 Å². The predicted molar refractivity (Wildman–Crippen MR) is 97.3 cm³/mol. The van der Waals surface area contributed by atoms with Crippen LogP contribution in [0.15, 0.2) is 23.1 Å². The molecule has 0 radical (unpaired) electrons. The van der Waals surface area contributed by atoms with E-state index in [2.05, 4.69) is 4.72 Å². The van der Waals surface area contributed by atoms with Gasteiger partial charge in [-0.05, 0) is 43.4 Å². The molecule has 0 unspecified atom stereocenters. The van der Waals surface area contributed by atoms with E-state index in [1.807, 2.05) is 0 Å². The number of amides is 2. The van der Waals surface area contributed by atoms with Gasteiger partial charge in [-0.1, -0.05) is 18.9 Å². The van der Waals surface area contributed by atoms with Crippen molar-refractivity contribution in [3.8, 4) is 5.75 Å². The van der Waals surface area contributed by atoms with Gasteiger partial charge in [0.05, 0.1) is 25.5 Å². The molecule has 0 spiro atoms. The van der Waals surface area contributed by atoms with Gasteiger partial charge in [0, 0.05) is 6.04 Å². The summed E-state index contributed by atoms with van der Waals surface area (Å²) in [6, 6.07) is 4.77. The van der Waals surface area contributed by atoms with Gasteiger partial charge >= 0.3 is 0 Å². The number of fused-ring (bicyclic) bond motifs is 1. The first-order valence-electron chi connectivity index (χ1n) is 9.45. The number of methoxy groups -OCH3 is 1. The van der Waals surface area contributed by atoms with Crippen molar-refractivity contribution in [3.05, 3.63) is 23.8 Å². The van der Waals surface area contributed by atoms with E-state index in [4.69, 9.17) is 4.74 Å². The Morgan fingerprint density at radius 2 is 1.70 bits per heavy atom. The summed E-state index contributed by atoms with van der Waals surface area (Å²) in [6.45, 7) is 0.0978. The molecule has 1 aromatic carbocycles. The third-order valence-corrected chi connectivity index (χ3v) is 7.23. The van der Waals surface area contributed by atoms with Crippen molar-refractivity contribution < 1.29 is 22.7 Å². The highest BCUT2D eigenvalue weighted by atomic mass is 32.2. The molecule has 1 saturated heterocycles. The number of nitrogens with one attached hydrogen (secondary N) is 1. The number of nitrogens with zero attached hydrogens (tertiary/aromatic N) is 1. The van der Waals surface area contributed by atoms with E-state index in [1.54, 1.807) is 12.1 Å². The van der Waals surface area contributed by atoms with Gasteiger partial charge in [0.15, 0.2) is 0 Å². The van der Waals surface area contributed by atoms with Crippen LogP contribution >= 0.6 is 0 Å². The summed E-state index contributed by atoms with van der Waals surface area (Å²) in [6.07, 6.45) is 5.15. The summed E-state index contributed by atoms with van der Waals surface area (Å²) in [4.78, 5) is 26.7. The summed E-state index contributed by atoms with van der Waals surface area (Å²) in [7, 11) is -2.29. The Labute approximate surface area is 159 Å². The molecule has 1 heterocycles. The minimum Gasteiger partial charge on any atom is -0.495 e. The number of likely N-dealkylation sites (tertiary alicyclic amines) is 1. The zero-order chi connectivity index (χ0) is 19.2. The summed E-state index contributed by atoms with van der Waals surface area (Å²) < 4.78 is 33.2. The van der Waals surface area contributed by atoms with E-state index in [9.17, 15) is 18.0 Å². The highest BCUT2D eigenvalue weighted by molar-refractivity contribution is 7.89. The molecular weight excluding hydrogens is 368 g/mol. The van der Waals surface area contributed by atoms with Crippen LogP contribution in [0.5, 0.6) is 5.75 Å². The van der Waals surface area contributed by atoms with Crippen LogP contribution in [0.1, 0.15) is 44.1 Å². The van der Waals surface area contributed by atoms with Gasteiger partial charge in [-0.3, -0.25) is 14.5 Å². The number of carbonyl (C=O) groups is 2. The van der Waals surface area contributed by atoms with Gasteiger partial charge in [0.1, 0.15) is 10.6 Å². The van der Waals surface area contributed by atoms with E-state index in [0.717, 1.165) is 38.5 Å². The fourth-order valence-electron chi connectivity index (χ4n) is 4.08. The fraction of sp³-hybridized carbons (Fsp3) is 0.579. The summed E-state index contributed by atoms with van der Waals surface area (Å²) >= 11 is 0. The maximum absolute atomic E-state index is 12.7. The molecule has 27 heavy (non-hydrogen) atoms. The molecule has 1 aliphatic heterocycles. The summed E-state index contributed by atoms with van der Waals surface area (Å²) in [5.74, 6) is -0.407. The third kappa shape index (κ3) is 3.48. The highest BCUT2D eigenvalue weighted by Gasteiger charge is 2.48. The minimum atomic E-state index is -3.71. The average molecular weight is 392 g/mol. The standard InChI is InChI=1S/C19H24N2O5S/c1-26-16-9-6-12(10-17(16)27(24,25)20-13-7-8-13)11-21-18(22)14-4-2-3-5-15(14)19(21)23/h6,9-10,13-15,20H,2-5,7-8,11H2,1H3/t14-,15-/m0/s1. The van der Waals surface area contributed by atoms with Crippen LogP contribution < -0.4 is 9.46 Å². The predicted octanol–water partition coefficient (Wildman–Crippen LogP) is 1.81. The monoisotopic (exact) mass is 392 g/mol. The van der Waals surface area contributed by atoms with E-state index in [0.29, 0.717) is 5.56 Å². The van der Waals surface area contributed by atoms with Crippen LogP contribution in [0.25, 0.3) is 0 Å². The molecule has 0 aromatic heterocycles. The Hall–Kier alpha value is -1.93. The Morgan fingerprint density at radius 3 is 2.26 bits per heavy atom. The smallest absolute Gasteiger partial charge is 0.244 e. The first-order valence-corrected chi connectivity index (χ1v) is 10.9. The molecule has 2 amide bonds. The molecule has 3 aliphatic rings. The van der Waals surface area contributed by atoms with Crippen LogP contribution in [0, 0.1) is 11.8 Å². The van der Waals surface area contributed by atoms with E-state index in [1.165, 1.54) is 18.1 Å². The average Bonchev–Trinajstić information content (AvgIpc) is 3.44. The minimum absolute atomic E-state index is 0.0202. The Balaban J connectivity index is 1.60. The number of imide groups is 1. The number of sulfonamides is 1. The van der Waals surface area contributed by atoms with E-state index < -0.39 is 10.0 Å². The number of rotatable bonds is 6. The van der Waals surface area contributed by atoms with Crippen molar-refractivity contribution >= 4 is 21.8 Å². The molecule has 7 nitrogen and oxygen atoms in total. The Kier molecular flexibility index (Phi) is 4.71. The van der Waals surface area contributed by atoms with Crippen LogP contribution in [-0.2, 0) is 26.2 Å². The van der Waals surface area contributed by atoms with Gasteiger partial charge in [-0.25, -0.2) is 13.1 Å². The molecule has 2 atom stereocenters. The first-order chi connectivity index (χ1) is 12.9. The first kappa shape index (κ1) is 18.4. The second-order valence-corrected chi connectivity index (χ2v) is 9.32. The van der Waals surface area contributed by atoms with Crippen LogP contribution in [-0.4, -0.2) is 38.3 Å². The quantitative estimate of drug-likeness (QED) is 0.746. The maximum Gasteiger partial charge on any atom is 0.244 e. The molecule has 0 bridgehead atoms. The second-order valence-electron chi connectivity index (χ2n) is 7.64. The SMILES string of the molecule is COc1ccc(CN2C(=O)[C@H]3CCCC[C@@H]3C2=O)cc1S(=O)(=O)NC1CC1. The number of ether oxygens (including phenoxy) is 1. The lowest BCUT2D eigenvalue weighted by atomic mass is 9.81. The molecule has 3 fully saturated rings. The fourth-order valence-corrected chi connectivity index (χ4v) is 5.61. The van der Waals surface area contributed by atoms with Gasteiger partial charge in [0.25, 0.3) is 0 Å². The normalized spacial score (nSPS) is 25.6. The second kappa shape index (κ2) is 6.91. The number of hydrogen-bond acceptors (Lipinski definition) is 5. The Bertz CT molecular complexity index is 854. The van der Waals surface area contributed by atoms with E-state index >= 15 is 0 Å². The third-order valence-electron chi connectivity index (χ3n) is 5.69. The zero-order valence-corrected chi connectivity index (χ0v) is 16.1. The molecule has 146 valence electrons. The topological polar surface area (TPSA) is 92.8 Å². The van der Waals surface area contributed by atoms with Crippen molar-refractivity contribution in [3.63, 3.8) is 0 Å². The lowest BCUT2D eigenvalue weighted by Gasteiger charge is -2.19. The van der Waals surface area contributed by atoms with Crippen molar-refractivity contribution in [2.75, 3.05) is 7.11 Å². The molecule has 4 rings (SSSR count). The highest BCUT2D eigenvalue weighted by Crippen LogP contribution is 2.39. The van der Waals surface area contributed by atoms with Gasteiger partial charge in [-0.2, -0.15) is 0 Å². The molecule has 2 aliphatic carbocycles. The summed E-state index contributed by atoms with van der Waals surface area (Å²) in [5, 5.41) is 0. The summed E-state index contributed by atoms with van der Waals surface area (Å²) in [5.41, 5.74) is 0.604. The van der Waals surface area contributed by atoms with E-state index in [-0.39, 0.29) is 46.9 Å². The van der Waals surface area contributed by atoms with Crippen LogP contribution in [0.2, 0.25) is 0 Å². The zero-order valence-electron chi connectivity index (χ0n) is 15.3. The van der Waals surface area contributed by atoms with Gasteiger partial charge in [-0.15, -0.1) is 0 Å². The van der Waals surface area contributed by atoms with Crippen molar-refractivity contribution in [2.24, 2.45) is 11.8 Å². The van der Waals surface area contributed by atoms with Crippen molar-refractivity contribution in [2.45, 2.75) is 56.0 Å². The molecule has 1 aromatic rings. The number of hydrogen-bond donors (Lipinski definition) is 1. The molecular formula is C19H24N2O5S. The lowest BCUT2D eigenvalue weighted by Crippen LogP contribution is -2.31. The van der Waals surface area contributed by atoms with Crippen LogP contribution in [0.4, 0.5) is 0 Å². The van der Waals surface area contributed by atoms with Gasteiger partial charge in [0.2, 0.25) is 21.8 Å². The lowest BCUT2D eigenvalue weighted by molar-refractivity contribution is -0.140. The van der Waals surface area contributed by atoms with Crippen LogP contribution in [0.3, 0.4) is 0 Å². The Morgan fingerprint density at radius 1 is 1.07 bits per heavy atom. The number of carbonyl (C=O) groups excluding carboxylic acids is 2. The molecule has 2 saturated carbocycles. The number of benzene rings is 1. The van der Waals surface area contributed by atoms with Crippen molar-refractivity contribution in [1.82, 2.24) is 9.62 Å². The maximum atomic E-state index is 12.7. The largest absolute Gasteiger partial charge is 0.495 e. The molecule has 8 heteroatoms.